The van der Waals surface area contributed by atoms with Crippen LogP contribution in [0.1, 0.15) is 13.3 Å². The lowest BCUT2D eigenvalue weighted by Gasteiger charge is -2.32. The van der Waals surface area contributed by atoms with Crippen LogP contribution in [0, 0.1) is 5.92 Å². The summed E-state index contributed by atoms with van der Waals surface area (Å²) in [4.78, 5) is 14.2. The van der Waals surface area contributed by atoms with Crippen LogP contribution in [0.25, 0.3) is 0 Å². The Hall–Kier alpha value is -1.38. The molecule has 0 radical (unpaired) electrons. The molecule has 0 aromatic rings. The molecular formula is C14H21ClN4O3S. The zero-order chi connectivity index (χ0) is 15.7. The minimum absolute atomic E-state index is 0. The average molecular weight is 361 g/mol. The average Bonchev–Trinajstić information content (AvgIpc) is 2.48. The van der Waals surface area contributed by atoms with Crippen LogP contribution in [-0.4, -0.2) is 56.5 Å². The zero-order valence-corrected chi connectivity index (χ0v) is 14.5. The van der Waals surface area contributed by atoms with E-state index >= 15 is 0 Å². The Morgan fingerprint density at radius 3 is 3.00 bits per heavy atom. The van der Waals surface area contributed by atoms with Crippen LogP contribution >= 0.6 is 12.4 Å². The summed E-state index contributed by atoms with van der Waals surface area (Å²) in [5.41, 5.74) is 0.309. The van der Waals surface area contributed by atoms with E-state index in [0.717, 1.165) is 19.5 Å². The summed E-state index contributed by atoms with van der Waals surface area (Å²) >= 11 is 0. The number of carbonyl (C=O) groups excluding carboxylic acids is 1. The molecule has 1 amide bonds. The van der Waals surface area contributed by atoms with Crippen LogP contribution in [0.4, 0.5) is 0 Å². The van der Waals surface area contributed by atoms with Crippen LogP contribution in [-0.2, 0) is 14.8 Å². The largest absolute Gasteiger partial charge is 0.348 e. The predicted octanol–water partition coefficient (Wildman–Crippen LogP) is 0.0200. The molecule has 0 bridgehead atoms. The minimum Gasteiger partial charge on any atom is -0.348 e. The number of amides is 1. The van der Waals surface area contributed by atoms with Gasteiger partial charge in [-0.05, 0) is 31.0 Å². The molecule has 3 aliphatic rings. The third-order valence-electron chi connectivity index (χ3n) is 4.25. The van der Waals surface area contributed by atoms with E-state index in [1.54, 1.807) is 23.3 Å². The maximum absolute atomic E-state index is 12.5. The first-order chi connectivity index (χ1) is 10.5. The number of hydrogen-bond acceptors (Lipinski definition) is 5. The molecule has 9 heteroatoms. The Labute approximate surface area is 142 Å². The van der Waals surface area contributed by atoms with Crippen LogP contribution in [0.15, 0.2) is 28.3 Å². The van der Waals surface area contributed by atoms with Gasteiger partial charge >= 0.3 is 0 Å². The summed E-state index contributed by atoms with van der Waals surface area (Å²) in [5, 5.41) is 6.25. The van der Waals surface area contributed by atoms with E-state index in [0.29, 0.717) is 18.0 Å². The van der Waals surface area contributed by atoms with E-state index in [1.165, 1.54) is 0 Å². The van der Waals surface area contributed by atoms with Crippen LogP contribution < -0.4 is 10.6 Å². The number of carbonyl (C=O) groups is 1. The van der Waals surface area contributed by atoms with Crippen LogP contribution in [0.2, 0.25) is 0 Å². The van der Waals surface area contributed by atoms with Gasteiger partial charge in [0.25, 0.3) is 15.9 Å². The number of hydrogen-bond donors (Lipinski definition) is 2. The lowest BCUT2D eigenvalue weighted by Crippen LogP contribution is -2.52. The Bertz CT molecular complexity index is 672. The summed E-state index contributed by atoms with van der Waals surface area (Å²) in [5.74, 6) is 0.311. The van der Waals surface area contributed by atoms with E-state index in [2.05, 4.69) is 22.0 Å². The normalized spacial score (nSPS) is 28.8. The second-order valence-electron chi connectivity index (χ2n) is 5.87. The summed E-state index contributed by atoms with van der Waals surface area (Å²) in [6.07, 6.45) is 6.11. The highest BCUT2D eigenvalue weighted by molar-refractivity contribution is 7.90. The molecule has 3 aliphatic heterocycles. The highest BCUT2D eigenvalue weighted by Gasteiger charge is 2.31. The number of nitrogens with one attached hydrogen (secondary N) is 2. The fraction of sp³-hybridized carbons (Fsp3) is 0.571. The van der Waals surface area contributed by atoms with Gasteiger partial charge in [0, 0.05) is 25.3 Å². The van der Waals surface area contributed by atoms with Crippen molar-refractivity contribution in [2.45, 2.75) is 19.4 Å². The smallest absolute Gasteiger partial charge is 0.256 e. The lowest BCUT2D eigenvalue weighted by atomic mass is 9.94. The van der Waals surface area contributed by atoms with Gasteiger partial charge in [-0.1, -0.05) is 6.92 Å². The Morgan fingerprint density at radius 2 is 2.26 bits per heavy atom. The molecule has 3 heterocycles. The van der Waals surface area contributed by atoms with Crippen molar-refractivity contribution >= 4 is 34.2 Å². The van der Waals surface area contributed by atoms with Gasteiger partial charge < -0.3 is 15.5 Å². The Balaban J connectivity index is 0.00000192. The number of amidine groups is 1. The highest BCUT2D eigenvalue weighted by Crippen LogP contribution is 2.19. The van der Waals surface area contributed by atoms with Crippen molar-refractivity contribution in [1.82, 2.24) is 15.5 Å². The molecular weight excluding hydrogens is 340 g/mol. The quantitative estimate of drug-likeness (QED) is 0.724. The number of nitrogens with zero attached hydrogens (tertiary/aromatic N) is 2. The van der Waals surface area contributed by atoms with Gasteiger partial charge in [0.1, 0.15) is 0 Å². The predicted molar refractivity (Wildman–Crippen MR) is 91.0 cm³/mol. The molecule has 2 unspecified atom stereocenters. The number of piperidine rings is 1. The maximum atomic E-state index is 12.5. The lowest BCUT2D eigenvalue weighted by molar-refractivity contribution is -0.118. The van der Waals surface area contributed by atoms with Gasteiger partial charge in [-0.15, -0.1) is 16.8 Å². The molecule has 23 heavy (non-hydrogen) atoms. The first kappa shape index (κ1) is 18.0. The molecule has 2 N–H and O–H groups in total. The first-order valence-corrected chi connectivity index (χ1v) is 9.07. The summed E-state index contributed by atoms with van der Waals surface area (Å²) in [6.45, 7) is 4.11. The molecule has 0 aromatic heterocycles. The van der Waals surface area contributed by atoms with E-state index in [4.69, 9.17) is 0 Å². The third kappa shape index (κ3) is 3.94. The van der Waals surface area contributed by atoms with E-state index in [-0.39, 0.29) is 35.9 Å². The summed E-state index contributed by atoms with van der Waals surface area (Å²) < 4.78 is 27.2. The van der Waals surface area contributed by atoms with Gasteiger partial charge in [0.05, 0.1) is 11.3 Å². The van der Waals surface area contributed by atoms with Gasteiger partial charge in [0.2, 0.25) is 0 Å². The topological polar surface area (TPSA) is 90.9 Å². The van der Waals surface area contributed by atoms with Crippen molar-refractivity contribution in [3.05, 3.63) is 23.9 Å². The summed E-state index contributed by atoms with van der Waals surface area (Å²) in [7, 11) is -3.48. The number of allylic oxidation sites excluding steroid dienone is 2. The highest BCUT2D eigenvalue weighted by atomic mass is 35.5. The Kier molecular flexibility index (Phi) is 5.49. The molecule has 7 nitrogen and oxygen atoms in total. The van der Waals surface area contributed by atoms with Crippen molar-refractivity contribution in [2.24, 2.45) is 10.3 Å². The Morgan fingerprint density at radius 1 is 1.48 bits per heavy atom. The molecule has 2 atom stereocenters. The first-order valence-electron chi connectivity index (χ1n) is 7.46. The van der Waals surface area contributed by atoms with Crippen molar-refractivity contribution in [2.75, 3.05) is 25.4 Å². The second-order valence-corrected chi connectivity index (χ2v) is 7.62. The standard InChI is InChI=1S/C14H20N4O3S.ClH/c1-10-4-5-15-9-12(10)16-14(19)11-3-2-6-18-7-8-22(20,21)17-13(11)18;/h2-3,6,10,12,15H,4-5,7-9H2,1H3,(H,16,19);1H. The molecule has 3 rings (SSSR count). The molecule has 1 saturated heterocycles. The van der Waals surface area contributed by atoms with Crippen molar-refractivity contribution in [1.29, 1.82) is 0 Å². The number of sulfonamides is 1. The van der Waals surface area contributed by atoms with Crippen molar-refractivity contribution < 1.29 is 13.2 Å². The third-order valence-corrected chi connectivity index (χ3v) is 5.40. The van der Waals surface area contributed by atoms with E-state index < -0.39 is 10.0 Å². The van der Waals surface area contributed by atoms with Crippen LogP contribution in [0.5, 0.6) is 0 Å². The van der Waals surface area contributed by atoms with E-state index in [1.807, 2.05) is 0 Å². The molecule has 0 spiro atoms. The molecule has 0 aromatic carbocycles. The molecule has 0 aliphatic carbocycles. The van der Waals surface area contributed by atoms with Crippen LogP contribution in [0.3, 0.4) is 0 Å². The minimum atomic E-state index is -3.48. The number of fused-ring (bicyclic) bond motifs is 1. The van der Waals surface area contributed by atoms with Gasteiger partial charge in [-0.25, -0.2) is 8.42 Å². The fourth-order valence-corrected chi connectivity index (χ4v) is 3.81. The van der Waals surface area contributed by atoms with E-state index in [9.17, 15) is 13.2 Å². The van der Waals surface area contributed by atoms with Crippen molar-refractivity contribution in [3.63, 3.8) is 0 Å². The maximum Gasteiger partial charge on any atom is 0.256 e. The monoisotopic (exact) mass is 360 g/mol. The fourth-order valence-electron chi connectivity index (χ4n) is 2.82. The second kappa shape index (κ2) is 7.02. The van der Waals surface area contributed by atoms with Gasteiger partial charge in [-0.2, -0.15) is 0 Å². The molecule has 128 valence electrons. The number of rotatable bonds is 2. The SMILES string of the molecule is CC1CCNCC1NC(=O)C1=CC=CN2CCS(=O)(=O)N=C12.Cl. The number of halogens is 1. The van der Waals surface area contributed by atoms with Crippen molar-refractivity contribution in [3.8, 4) is 0 Å². The van der Waals surface area contributed by atoms with Gasteiger partial charge in [-0.3, -0.25) is 4.79 Å². The summed E-state index contributed by atoms with van der Waals surface area (Å²) in [6, 6.07) is 0.0438. The van der Waals surface area contributed by atoms with Gasteiger partial charge in [0.15, 0.2) is 5.84 Å². The molecule has 0 saturated carbocycles. The molecule has 1 fully saturated rings. The zero-order valence-electron chi connectivity index (χ0n) is 12.9.